The summed E-state index contributed by atoms with van der Waals surface area (Å²) in [6, 6.07) is 8.83. The van der Waals surface area contributed by atoms with Crippen LogP contribution in [0.15, 0.2) is 46.9 Å². The Labute approximate surface area is 199 Å². The Morgan fingerprint density at radius 2 is 1.82 bits per heavy atom. The Bertz CT molecular complexity index is 1020. The van der Waals surface area contributed by atoms with Gasteiger partial charge in [0, 0.05) is 0 Å². The van der Waals surface area contributed by atoms with Crippen molar-refractivity contribution in [2.45, 2.75) is 82.8 Å². The quantitative estimate of drug-likeness (QED) is 0.604. The van der Waals surface area contributed by atoms with Crippen LogP contribution < -0.4 is 0 Å². The van der Waals surface area contributed by atoms with Gasteiger partial charge in [-0.25, -0.2) is 8.42 Å². The van der Waals surface area contributed by atoms with Gasteiger partial charge in [-0.3, -0.25) is 0 Å². The van der Waals surface area contributed by atoms with E-state index >= 15 is 0 Å². The smallest absolute Gasteiger partial charge is 0.178 e. The van der Waals surface area contributed by atoms with Crippen molar-refractivity contribution in [3.05, 3.63) is 42.0 Å². The van der Waals surface area contributed by atoms with Crippen molar-refractivity contribution in [1.29, 1.82) is 0 Å². The van der Waals surface area contributed by atoms with E-state index in [0.29, 0.717) is 22.6 Å². The lowest BCUT2D eigenvalue weighted by Crippen LogP contribution is -2.56. The molecule has 4 nitrogen and oxygen atoms in total. The first-order chi connectivity index (χ1) is 15.6. The van der Waals surface area contributed by atoms with Crippen LogP contribution in [-0.4, -0.2) is 36.6 Å². The van der Waals surface area contributed by atoms with Crippen molar-refractivity contribution in [2.75, 3.05) is 5.75 Å². The summed E-state index contributed by atoms with van der Waals surface area (Å²) in [4.78, 5) is 0.414. The van der Waals surface area contributed by atoms with E-state index in [4.69, 9.17) is 0 Å². The van der Waals surface area contributed by atoms with Gasteiger partial charge in [-0.05, 0) is 97.5 Å². The minimum Gasteiger partial charge on any atom is -0.393 e. The number of rotatable bonds is 4. The van der Waals surface area contributed by atoms with Crippen LogP contribution in [-0.2, 0) is 9.84 Å². The van der Waals surface area contributed by atoms with Crippen LogP contribution in [0.25, 0.3) is 0 Å². The van der Waals surface area contributed by atoms with Crippen LogP contribution in [0, 0.1) is 40.4 Å². The molecule has 3 fully saturated rings. The van der Waals surface area contributed by atoms with Crippen molar-refractivity contribution < 1.29 is 18.6 Å². The van der Waals surface area contributed by atoms with Crippen LogP contribution in [0.2, 0.25) is 0 Å². The van der Waals surface area contributed by atoms with E-state index in [-0.39, 0.29) is 40.6 Å². The van der Waals surface area contributed by atoms with Crippen molar-refractivity contribution in [3.63, 3.8) is 0 Å². The average molecular weight is 473 g/mol. The zero-order valence-electron chi connectivity index (χ0n) is 20.3. The van der Waals surface area contributed by atoms with E-state index in [0.717, 1.165) is 44.9 Å². The van der Waals surface area contributed by atoms with Crippen molar-refractivity contribution >= 4 is 9.84 Å². The molecule has 0 saturated heterocycles. The van der Waals surface area contributed by atoms with Crippen LogP contribution >= 0.6 is 0 Å². The SMILES string of the molecule is C[C@H](CS(=O)(=O)c1ccccc1)[C@H]1CC[C@H]2[C@@H]3CC=C4C[C@@H](O)CC[C@]4(C)[C@H]3[C@H](O)C[C@]12C. The molecule has 5 rings (SSSR count). The zero-order valence-corrected chi connectivity index (χ0v) is 21.1. The fourth-order valence-corrected chi connectivity index (χ4v) is 10.6. The van der Waals surface area contributed by atoms with E-state index < -0.39 is 9.84 Å². The van der Waals surface area contributed by atoms with Gasteiger partial charge in [-0.15, -0.1) is 0 Å². The molecule has 0 aliphatic heterocycles. The van der Waals surface area contributed by atoms with Gasteiger partial charge in [0.15, 0.2) is 9.84 Å². The average Bonchev–Trinajstić information content (AvgIpc) is 3.11. The molecule has 4 aliphatic carbocycles. The molecule has 1 aromatic carbocycles. The van der Waals surface area contributed by atoms with Crippen LogP contribution in [0.3, 0.4) is 0 Å². The Morgan fingerprint density at radius 3 is 2.55 bits per heavy atom. The Balaban J connectivity index is 1.40. The predicted octanol–water partition coefficient (Wildman–Crippen LogP) is 5.01. The summed E-state index contributed by atoms with van der Waals surface area (Å²) in [6.07, 6.45) is 8.26. The van der Waals surface area contributed by atoms with Gasteiger partial charge >= 0.3 is 0 Å². The highest BCUT2D eigenvalue weighted by Crippen LogP contribution is 2.67. The lowest BCUT2D eigenvalue weighted by atomic mass is 9.46. The van der Waals surface area contributed by atoms with Crippen LogP contribution in [0.1, 0.15) is 65.7 Å². The molecule has 1 aromatic rings. The number of aliphatic hydroxyl groups is 2. The minimum atomic E-state index is -3.32. The highest BCUT2D eigenvalue weighted by Gasteiger charge is 2.62. The highest BCUT2D eigenvalue weighted by molar-refractivity contribution is 7.91. The Hall–Kier alpha value is -1.17. The molecule has 2 N–H and O–H groups in total. The summed E-state index contributed by atoms with van der Waals surface area (Å²) in [5, 5.41) is 21.8. The fourth-order valence-electron chi connectivity index (χ4n) is 8.93. The van der Waals surface area contributed by atoms with E-state index in [2.05, 4.69) is 26.8 Å². The summed E-state index contributed by atoms with van der Waals surface area (Å²) < 4.78 is 26.2. The van der Waals surface area contributed by atoms with E-state index in [1.807, 2.05) is 6.07 Å². The molecule has 4 aliphatic rings. The molecular formula is C28H40O4S. The summed E-state index contributed by atoms with van der Waals surface area (Å²) in [6.45, 7) is 6.78. The third kappa shape index (κ3) is 3.73. The first-order valence-electron chi connectivity index (χ1n) is 12.9. The summed E-state index contributed by atoms with van der Waals surface area (Å²) >= 11 is 0. The fraction of sp³-hybridized carbons (Fsp3) is 0.714. The molecule has 9 atom stereocenters. The van der Waals surface area contributed by atoms with Gasteiger partial charge in [0.05, 0.1) is 22.9 Å². The van der Waals surface area contributed by atoms with Gasteiger partial charge in [-0.2, -0.15) is 0 Å². The lowest BCUT2D eigenvalue weighted by molar-refractivity contribution is -0.128. The molecule has 33 heavy (non-hydrogen) atoms. The van der Waals surface area contributed by atoms with Crippen molar-refractivity contribution in [3.8, 4) is 0 Å². The second-order valence-corrected chi connectivity index (χ2v) is 14.1. The second kappa shape index (κ2) is 8.20. The Morgan fingerprint density at radius 1 is 1.09 bits per heavy atom. The molecular weight excluding hydrogens is 432 g/mol. The van der Waals surface area contributed by atoms with Gasteiger partial charge in [0.2, 0.25) is 0 Å². The number of allylic oxidation sites excluding steroid dienone is 1. The van der Waals surface area contributed by atoms with E-state index in [1.54, 1.807) is 24.3 Å². The number of benzene rings is 1. The van der Waals surface area contributed by atoms with Crippen LogP contribution in [0.5, 0.6) is 0 Å². The summed E-state index contributed by atoms with van der Waals surface area (Å²) in [5.74, 6) is 1.77. The standard InChI is InChI=1S/C28H40O4S/c1-18(17-33(31,32)21-7-5-4-6-8-21)23-11-12-24-22-10-9-19-15-20(29)13-14-27(19,2)26(22)25(30)16-28(23,24)3/h4-9,18,20,22-26,29-30H,10-17H2,1-3H3/t18-,20+,22+,23-,24+,25-,26-,27+,28-/m1/s1. The molecule has 0 heterocycles. The number of hydrogen-bond donors (Lipinski definition) is 2. The normalized spacial score (nSPS) is 43.7. The second-order valence-electron chi connectivity index (χ2n) is 12.1. The number of aliphatic hydroxyl groups excluding tert-OH is 2. The van der Waals surface area contributed by atoms with Gasteiger partial charge in [0.25, 0.3) is 0 Å². The molecule has 3 saturated carbocycles. The molecule has 0 unspecified atom stereocenters. The molecule has 5 heteroatoms. The zero-order chi connectivity index (χ0) is 23.6. The Kier molecular flexibility index (Phi) is 5.86. The monoisotopic (exact) mass is 472 g/mol. The summed E-state index contributed by atoms with van der Waals surface area (Å²) in [7, 11) is -3.32. The molecule has 0 aromatic heterocycles. The largest absolute Gasteiger partial charge is 0.393 e. The molecule has 0 amide bonds. The lowest BCUT2D eigenvalue weighted by Gasteiger charge is -2.60. The summed E-state index contributed by atoms with van der Waals surface area (Å²) in [5.41, 5.74) is 1.33. The number of hydrogen-bond acceptors (Lipinski definition) is 4. The van der Waals surface area contributed by atoms with E-state index in [9.17, 15) is 18.6 Å². The third-order valence-corrected chi connectivity index (χ3v) is 12.3. The van der Waals surface area contributed by atoms with Gasteiger partial charge in [0.1, 0.15) is 0 Å². The topological polar surface area (TPSA) is 74.6 Å². The maximum Gasteiger partial charge on any atom is 0.178 e. The maximum absolute atomic E-state index is 13.1. The number of sulfone groups is 1. The first kappa shape index (κ1) is 23.6. The maximum atomic E-state index is 13.1. The van der Waals surface area contributed by atoms with Gasteiger partial charge in [-0.1, -0.05) is 50.6 Å². The predicted molar refractivity (Wildman–Crippen MR) is 130 cm³/mol. The minimum absolute atomic E-state index is 0.0107. The number of fused-ring (bicyclic) bond motifs is 5. The molecule has 0 spiro atoms. The molecule has 0 bridgehead atoms. The molecule has 0 radical (unpaired) electrons. The third-order valence-electron chi connectivity index (χ3n) is 10.4. The highest BCUT2D eigenvalue weighted by atomic mass is 32.2. The van der Waals surface area contributed by atoms with Crippen molar-refractivity contribution in [2.24, 2.45) is 40.4 Å². The van der Waals surface area contributed by atoms with Crippen molar-refractivity contribution in [1.82, 2.24) is 0 Å². The molecule has 182 valence electrons. The van der Waals surface area contributed by atoms with Crippen LogP contribution in [0.4, 0.5) is 0 Å². The first-order valence-corrected chi connectivity index (χ1v) is 14.5. The van der Waals surface area contributed by atoms with Gasteiger partial charge < -0.3 is 10.2 Å². The van der Waals surface area contributed by atoms with E-state index in [1.165, 1.54) is 5.57 Å².